The van der Waals surface area contributed by atoms with E-state index >= 15 is 0 Å². The third kappa shape index (κ3) is 6.15. The van der Waals surface area contributed by atoms with Crippen molar-refractivity contribution >= 4 is 23.4 Å². The predicted molar refractivity (Wildman–Crippen MR) is 94.3 cm³/mol. The molecule has 134 valence electrons. The van der Waals surface area contributed by atoms with Crippen molar-refractivity contribution < 1.29 is 18.7 Å². The molecule has 0 radical (unpaired) electrons. The molecule has 2 rings (SSSR count). The summed E-state index contributed by atoms with van der Waals surface area (Å²) in [6, 6.07) is 9.55. The first-order chi connectivity index (χ1) is 12.0. The first-order valence-corrected chi connectivity index (χ1v) is 8.31. The molecule has 1 aromatic carbocycles. The van der Waals surface area contributed by atoms with E-state index in [4.69, 9.17) is 20.8 Å². The fourth-order valence-corrected chi connectivity index (χ4v) is 2.25. The minimum absolute atomic E-state index is 0.0731. The predicted octanol–water partition coefficient (Wildman–Crippen LogP) is 2.77. The highest BCUT2D eigenvalue weighted by atomic mass is 35.5. The van der Waals surface area contributed by atoms with Crippen LogP contribution >= 0.6 is 11.6 Å². The molecule has 7 heteroatoms. The number of amides is 2. The Morgan fingerprint density at radius 1 is 1.20 bits per heavy atom. The van der Waals surface area contributed by atoms with Gasteiger partial charge in [0.05, 0.1) is 12.8 Å². The second-order valence-corrected chi connectivity index (χ2v) is 6.27. The first-order valence-electron chi connectivity index (χ1n) is 7.93. The Bertz CT molecular complexity index is 684. The molecule has 25 heavy (non-hydrogen) atoms. The van der Waals surface area contributed by atoms with Crippen LogP contribution in [0.15, 0.2) is 47.1 Å². The van der Waals surface area contributed by atoms with Crippen LogP contribution in [0.3, 0.4) is 0 Å². The standard InChI is InChI=1S/C18H21ClN2O4/c1-12(2)17(18(23)20-10-15-4-3-9-24-15)21-16(22)11-25-14-7-5-13(19)6-8-14/h3-9,12,17H,10-11H2,1-2H3,(H,20,23)(H,21,22)/t17-/m1/s1. The van der Waals surface area contributed by atoms with Gasteiger partial charge in [0.2, 0.25) is 5.91 Å². The molecule has 0 fully saturated rings. The summed E-state index contributed by atoms with van der Waals surface area (Å²) in [7, 11) is 0. The molecule has 6 nitrogen and oxygen atoms in total. The van der Waals surface area contributed by atoms with Gasteiger partial charge in [-0.2, -0.15) is 0 Å². The van der Waals surface area contributed by atoms with E-state index in [1.807, 2.05) is 13.8 Å². The summed E-state index contributed by atoms with van der Waals surface area (Å²) in [4.78, 5) is 24.4. The summed E-state index contributed by atoms with van der Waals surface area (Å²) in [6.07, 6.45) is 1.54. The molecular formula is C18H21ClN2O4. The maximum atomic E-state index is 12.3. The van der Waals surface area contributed by atoms with Gasteiger partial charge in [-0.3, -0.25) is 9.59 Å². The van der Waals surface area contributed by atoms with Crippen LogP contribution in [0, 0.1) is 5.92 Å². The van der Waals surface area contributed by atoms with Crippen LogP contribution < -0.4 is 15.4 Å². The van der Waals surface area contributed by atoms with Gasteiger partial charge in [0.1, 0.15) is 17.6 Å². The molecule has 1 aromatic heterocycles. The van der Waals surface area contributed by atoms with Crippen molar-refractivity contribution in [1.82, 2.24) is 10.6 Å². The number of carbonyl (C=O) groups is 2. The van der Waals surface area contributed by atoms with Crippen LogP contribution in [-0.2, 0) is 16.1 Å². The molecule has 0 unspecified atom stereocenters. The van der Waals surface area contributed by atoms with Crippen LogP contribution in [0.4, 0.5) is 0 Å². The number of hydrogen-bond donors (Lipinski definition) is 2. The van der Waals surface area contributed by atoms with Gasteiger partial charge in [-0.15, -0.1) is 0 Å². The molecule has 0 aliphatic rings. The lowest BCUT2D eigenvalue weighted by atomic mass is 10.0. The highest BCUT2D eigenvalue weighted by Crippen LogP contribution is 2.15. The Kier molecular flexibility index (Phi) is 6.89. The minimum atomic E-state index is -0.656. The van der Waals surface area contributed by atoms with Crippen LogP contribution in [0.2, 0.25) is 5.02 Å². The Labute approximate surface area is 151 Å². The van der Waals surface area contributed by atoms with Crippen LogP contribution in [-0.4, -0.2) is 24.5 Å². The van der Waals surface area contributed by atoms with Gasteiger partial charge in [-0.05, 0) is 42.3 Å². The van der Waals surface area contributed by atoms with Gasteiger partial charge in [0, 0.05) is 5.02 Å². The van der Waals surface area contributed by atoms with E-state index in [0.29, 0.717) is 16.5 Å². The largest absolute Gasteiger partial charge is 0.484 e. The fraction of sp³-hybridized carbons (Fsp3) is 0.333. The lowest BCUT2D eigenvalue weighted by Gasteiger charge is -2.21. The Morgan fingerprint density at radius 2 is 1.92 bits per heavy atom. The zero-order chi connectivity index (χ0) is 18.2. The molecule has 2 N–H and O–H groups in total. The lowest BCUT2D eigenvalue weighted by molar-refractivity contribution is -0.131. The quantitative estimate of drug-likeness (QED) is 0.754. The topological polar surface area (TPSA) is 80.6 Å². The number of nitrogens with one attached hydrogen (secondary N) is 2. The zero-order valence-corrected chi connectivity index (χ0v) is 14.9. The molecule has 0 saturated heterocycles. The summed E-state index contributed by atoms with van der Waals surface area (Å²) >= 11 is 5.79. The Balaban J connectivity index is 1.83. The summed E-state index contributed by atoms with van der Waals surface area (Å²) in [5.41, 5.74) is 0. The van der Waals surface area contributed by atoms with Crippen molar-refractivity contribution in [2.24, 2.45) is 5.92 Å². The smallest absolute Gasteiger partial charge is 0.258 e. The number of carbonyl (C=O) groups excluding carboxylic acids is 2. The molecular weight excluding hydrogens is 344 g/mol. The summed E-state index contributed by atoms with van der Waals surface area (Å²) < 4.78 is 10.6. The third-order valence-electron chi connectivity index (χ3n) is 3.47. The van der Waals surface area contributed by atoms with Gasteiger partial charge in [-0.1, -0.05) is 25.4 Å². The molecule has 0 saturated carbocycles. The lowest BCUT2D eigenvalue weighted by Crippen LogP contribution is -2.50. The van der Waals surface area contributed by atoms with Crippen molar-refractivity contribution in [2.45, 2.75) is 26.4 Å². The summed E-state index contributed by atoms with van der Waals surface area (Å²) in [5.74, 6) is 0.459. The van der Waals surface area contributed by atoms with E-state index in [-0.39, 0.29) is 30.9 Å². The van der Waals surface area contributed by atoms with Crippen molar-refractivity contribution in [3.05, 3.63) is 53.4 Å². The molecule has 0 aliphatic carbocycles. The minimum Gasteiger partial charge on any atom is -0.484 e. The van der Waals surface area contributed by atoms with Crippen molar-refractivity contribution in [1.29, 1.82) is 0 Å². The van der Waals surface area contributed by atoms with Gasteiger partial charge in [-0.25, -0.2) is 0 Å². The molecule has 0 aliphatic heterocycles. The van der Waals surface area contributed by atoms with Gasteiger partial charge >= 0.3 is 0 Å². The number of benzene rings is 1. The maximum Gasteiger partial charge on any atom is 0.258 e. The molecule has 2 amide bonds. The number of hydrogen-bond acceptors (Lipinski definition) is 4. The monoisotopic (exact) mass is 364 g/mol. The average Bonchev–Trinajstić information content (AvgIpc) is 3.10. The number of furan rings is 1. The van der Waals surface area contributed by atoms with Gasteiger partial charge in [0.15, 0.2) is 6.61 Å². The molecule has 0 spiro atoms. The second-order valence-electron chi connectivity index (χ2n) is 5.83. The maximum absolute atomic E-state index is 12.3. The van der Waals surface area contributed by atoms with E-state index in [2.05, 4.69) is 10.6 Å². The van der Waals surface area contributed by atoms with E-state index in [1.165, 1.54) is 6.26 Å². The summed E-state index contributed by atoms with van der Waals surface area (Å²) in [6.45, 7) is 3.80. The Hall–Kier alpha value is -2.47. The number of rotatable bonds is 8. The van der Waals surface area contributed by atoms with Gasteiger partial charge < -0.3 is 19.8 Å². The van der Waals surface area contributed by atoms with Crippen molar-refractivity contribution in [3.8, 4) is 5.75 Å². The first kappa shape index (κ1) is 18.9. The van der Waals surface area contributed by atoms with Crippen LogP contribution in [0.1, 0.15) is 19.6 Å². The molecule has 2 aromatic rings. The van der Waals surface area contributed by atoms with Crippen molar-refractivity contribution in [2.75, 3.05) is 6.61 Å². The Morgan fingerprint density at radius 3 is 2.52 bits per heavy atom. The highest BCUT2D eigenvalue weighted by Gasteiger charge is 2.24. The van der Waals surface area contributed by atoms with E-state index in [9.17, 15) is 9.59 Å². The van der Waals surface area contributed by atoms with E-state index < -0.39 is 6.04 Å². The third-order valence-corrected chi connectivity index (χ3v) is 3.72. The van der Waals surface area contributed by atoms with Gasteiger partial charge in [0.25, 0.3) is 5.91 Å². The molecule has 1 heterocycles. The van der Waals surface area contributed by atoms with Crippen molar-refractivity contribution in [3.63, 3.8) is 0 Å². The summed E-state index contributed by atoms with van der Waals surface area (Å²) in [5, 5.41) is 6.03. The normalized spacial score (nSPS) is 11.8. The van der Waals surface area contributed by atoms with Crippen LogP contribution in [0.25, 0.3) is 0 Å². The fourth-order valence-electron chi connectivity index (χ4n) is 2.13. The van der Waals surface area contributed by atoms with E-state index in [0.717, 1.165) is 0 Å². The number of halogens is 1. The van der Waals surface area contributed by atoms with Crippen LogP contribution in [0.5, 0.6) is 5.75 Å². The molecule has 1 atom stereocenters. The second kappa shape index (κ2) is 9.13. The SMILES string of the molecule is CC(C)[C@@H](NC(=O)COc1ccc(Cl)cc1)C(=O)NCc1ccco1. The number of ether oxygens (including phenoxy) is 1. The molecule has 0 bridgehead atoms. The van der Waals surface area contributed by atoms with E-state index in [1.54, 1.807) is 36.4 Å². The average molecular weight is 365 g/mol. The zero-order valence-electron chi connectivity index (χ0n) is 14.1. The highest BCUT2D eigenvalue weighted by molar-refractivity contribution is 6.30.